The van der Waals surface area contributed by atoms with Crippen molar-refractivity contribution >= 4 is 17.2 Å². The molecule has 0 saturated carbocycles. The maximum Gasteiger partial charge on any atom is 0.165 e. The van der Waals surface area contributed by atoms with Gasteiger partial charge in [-0.1, -0.05) is 35.9 Å². The van der Waals surface area contributed by atoms with E-state index in [0.717, 1.165) is 27.6 Å². The van der Waals surface area contributed by atoms with Gasteiger partial charge in [-0.05, 0) is 17.7 Å². The summed E-state index contributed by atoms with van der Waals surface area (Å²) < 4.78 is 1.96. The predicted molar refractivity (Wildman–Crippen MR) is 75.1 cm³/mol. The van der Waals surface area contributed by atoms with Crippen LogP contribution in [-0.4, -0.2) is 14.6 Å². The molecule has 2 heterocycles. The average molecular weight is 273 g/mol. The fraction of sp³-hybridized carbons (Fsp3) is 0.143. The van der Waals surface area contributed by atoms with Crippen molar-refractivity contribution in [1.82, 2.24) is 14.6 Å². The fourth-order valence-corrected chi connectivity index (χ4v) is 2.31. The van der Waals surface area contributed by atoms with E-state index in [2.05, 4.69) is 10.2 Å². The molecule has 4 nitrogen and oxygen atoms in total. The minimum Gasteiger partial charge on any atom is -0.326 e. The molecule has 2 N–H and O–H groups in total. The summed E-state index contributed by atoms with van der Waals surface area (Å²) in [6, 6.07) is 11.7. The van der Waals surface area contributed by atoms with Crippen LogP contribution in [0.15, 0.2) is 42.6 Å². The molecule has 0 aliphatic heterocycles. The molecule has 3 rings (SSSR count). The van der Waals surface area contributed by atoms with Crippen LogP contribution in [0.2, 0.25) is 5.02 Å². The van der Waals surface area contributed by atoms with Crippen LogP contribution < -0.4 is 5.73 Å². The summed E-state index contributed by atoms with van der Waals surface area (Å²) in [5.41, 5.74) is 8.54. The molecule has 1 aromatic carbocycles. The predicted octanol–water partition coefficient (Wildman–Crippen LogP) is 2.43. The van der Waals surface area contributed by atoms with Crippen LogP contribution in [0.5, 0.6) is 0 Å². The second kappa shape index (κ2) is 4.99. The van der Waals surface area contributed by atoms with Crippen molar-refractivity contribution in [3.8, 4) is 0 Å². The third-order valence-corrected chi connectivity index (χ3v) is 3.48. The number of halogens is 1. The molecule has 96 valence electrons. The minimum absolute atomic E-state index is 0.453. The van der Waals surface area contributed by atoms with Crippen molar-refractivity contribution in [2.24, 2.45) is 5.73 Å². The third-order valence-electron chi connectivity index (χ3n) is 3.11. The van der Waals surface area contributed by atoms with Gasteiger partial charge in [-0.2, -0.15) is 0 Å². The summed E-state index contributed by atoms with van der Waals surface area (Å²) in [5, 5.41) is 9.19. The van der Waals surface area contributed by atoms with Crippen LogP contribution in [-0.2, 0) is 13.0 Å². The summed E-state index contributed by atoms with van der Waals surface area (Å²) >= 11 is 6.17. The van der Waals surface area contributed by atoms with Crippen LogP contribution in [0.1, 0.15) is 17.0 Å². The maximum atomic E-state index is 6.17. The van der Waals surface area contributed by atoms with Gasteiger partial charge in [0.2, 0.25) is 0 Å². The van der Waals surface area contributed by atoms with Gasteiger partial charge in [-0.15, -0.1) is 10.2 Å². The van der Waals surface area contributed by atoms with Gasteiger partial charge < -0.3 is 5.73 Å². The number of hydrogen-bond donors (Lipinski definition) is 1. The van der Waals surface area contributed by atoms with Gasteiger partial charge in [0.05, 0.1) is 0 Å². The summed E-state index contributed by atoms with van der Waals surface area (Å²) in [6.07, 6.45) is 2.59. The second-order valence-electron chi connectivity index (χ2n) is 4.32. The standard InChI is InChI=1S/C14H13ClN4/c15-12-6-2-1-4-10(12)8-13-17-18-14-11(9-16)5-3-7-19(13)14/h1-7H,8-9,16H2. The lowest BCUT2D eigenvalue weighted by atomic mass is 10.1. The molecular formula is C14H13ClN4. The molecule has 0 aliphatic carbocycles. The highest BCUT2D eigenvalue weighted by atomic mass is 35.5. The first-order valence-electron chi connectivity index (χ1n) is 6.04. The zero-order valence-electron chi connectivity index (χ0n) is 10.3. The summed E-state index contributed by atoms with van der Waals surface area (Å²) in [5.74, 6) is 0.860. The number of fused-ring (bicyclic) bond motifs is 1. The highest BCUT2D eigenvalue weighted by Gasteiger charge is 2.10. The van der Waals surface area contributed by atoms with E-state index in [1.54, 1.807) is 0 Å². The zero-order valence-corrected chi connectivity index (χ0v) is 11.0. The van der Waals surface area contributed by atoms with E-state index in [4.69, 9.17) is 17.3 Å². The fourth-order valence-electron chi connectivity index (χ4n) is 2.11. The lowest BCUT2D eigenvalue weighted by Gasteiger charge is -2.04. The Bertz CT molecular complexity index is 720. The Balaban J connectivity index is 2.05. The van der Waals surface area contributed by atoms with Gasteiger partial charge in [0, 0.05) is 29.7 Å². The quantitative estimate of drug-likeness (QED) is 0.797. The molecule has 0 amide bonds. The van der Waals surface area contributed by atoms with Crippen molar-refractivity contribution in [2.45, 2.75) is 13.0 Å². The van der Waals surface area contributed by atoms with Gasteiger partial charge in [0.25, 0.3) is 0 Å². The number of pyridine rings is 1. The Morgan fingerprint density at radius 2 is 1.84 bits per heavy atom. The van der Waals surface area contributed by atoms with Crippen LogP contribution >= 0.6 is 11.6 Å². The Kier molecular flexibility index (Phi) is 3.19. The minimum atomic E-state index is 0.453. The van der Waals surface area contributed by atoms with Crippen molar-refractivity contribution < 1.29 is 0 Å². The van der Waals surface area contributed by atoms with Crippen LogP contribution in [0.25, 0.3) is 5.65 Å². The van der Waals surface area contributed by atoms with E-state index in [1.165, 1.54) is 0 Å². The smallest absolute Gasteiger partial charge is 0.165 e. The molecule has 0 unspecified atom stereocenters. The van der Waals surface area contributed by atoms with Crippen molar-refractivity contribution in [2.75, 3.05) is 0 Å². The molecule has 0 fully saturated rings. The number of benzene rings is 1. The monoisotopic (exact) mass is 272 g/mol. The first kappa shape index (κ1) is 12.1. The van der Waals surface area contributed by atoms with E-state index < -0.39 is 0 Å². The SMILES string of the molecule is NCc1cccn2c(Cc3ccccc3Cl)nnc12. The van der Waals surface area contributed by atoms with Gasteiger partial charge in [0.15, 0.2) is 5.65 Å². The molecule has 0 saturated heterocycles. The van der Waals surface area contributed by atoms with E-state index >= 15 is 0 Å². The highest BCUT2D eigenvalue weighted by Crippen LogP contribution is 2.19. The lowest BCUT2D eigenvalue weighted by molar-refractivity contribution is 0.933. The normalized spacial score (nSPS) is 11.1. The van der Waals surface area contributed by atoms with E-state index in [-0.39, 0.29) is 0 Å². The zero-order chi connectivity index (χ0) is 13.2. The van der Waals surface area contributed by atoms with Crippen LogP contribution in [0.3, 0.4) is 0 Å². The van der Waals surface area contributed by atoms with Gasteiger partial charge in [-0.25, -0.2) is 0 Å². The topological polar surface area (TPSA) is 56.2 Å². The molecule has 0 radical (unpaired) electrons. The number of hydrogen-bond acceptors (Lipinski definition) is 3. The largest absolute Gasteiger partial charge is 0.326 e. The van der Waals surface area contributed by atoms with Gasteiger partial charge in [-0.3, -0.25) is 4.40 Å². The van der Waals surface area contributed by atoms with E-state index in [1.807, 2.05) is 47.0 Å². The number of rotatable bonds is 3. The third kappa shape index (κ3) is 2.20. The number of nitrogens with zero attached hydrogens (tertiary/aromatic N) is 3. The first-order valence-corrected chi connectivity index (χ1v) is 6.42. The average Bonchev–Trinajstić information content (AvgIpc) is 2.84. The van der Waals surface area contributed by atoms with Crippen LogP contribution in [0.4, 0.5) is 0 Å². The first-order chi connectivity index (χ1) is 9.29. The summed E-state index contributed by atoms with van der Waals surface area (Å²) in [4.78, 5) is 0. The molecule has 2 aromatic heterocycles. The van der Waals surface area contributed by atoms with Crippen molar-refractivity contribution in [3.05, 3.63) is 64.6 Å². The molecule has 0 spiro atoms. The van der Waals surface area contributed by atoms with Gasteiger partial charge in [0.1, 0.15) is 5.82 Å². The molecule has 3 aromatic rings. The van der Waals surface area contributed by atoms with E-state index in [9.17, 15) is 0 Å². The second-order valence-corrected chi connectivity index (χ2v) is 4.72. The van der Waals surface area contributed by atoms with E-state index in [0.29, 0.717) is 13.0 Å². The Labute approximate surface area is 115 Å². The number of aromatic nitrogens is 3. The van der Waals surface area contributed by atoms with Crippen LogP contribution in [0, 0.1) is 0 Å². The van der Waals surface area contributed by atoms with Crippen molar-refractivity contribution in [1.29, 1.82) is 0 Å². The molecule has 0 atom stereocenters. The lowest BCUT2D eigenvalue weighted by Crippen LogP contribution is -2.01. The Morgan fingerprint density at radius 1 is 1.05 bits per heavy atom. The summed E-state index contributed by atoms with van der Waals surface area (Å²) in [6.45, 7) is 0.453. The molecule has 5 heteroatoms. The molecule has 0 aliphatic rings. The molecule has 19 heavy (non-hydrogen) atoms. The molecule has 0 bridgehead atoms. The maximum absolute atomic E-state index is 6.17. The van der Waals surface area contributed by atoms with Crippen molar-refractivity contribution in [3.63, 3.8) is 0 Å². The van der Waals surface area contributed by atoms with Gasteiger partial charge >= 0.3 is 0 Å². The molecular weight excluding hydrogens is 260 g/mol. The number of nitrogens with two attached hydrogens (primary N) is 1. The summed E-state index contributed by atoms with van der Waals surface area (Å²) in [7, 11) is 0. The Morgan fingerprint density at radius 3 is 2.63 bits per heavy atom. The Hall–Kier alpha value is -1.91. The highest BCUT2D eigenvalue weighted by molar-refractivity contribution is 6.31.